The van der Waals surface area contributed by atoms with Crippen molar-refractivity contribution in [2.75, 3.05) is 12.3 Å². The minimum absolute atomic E-state index is 0.0616. The van der Waals surface area contributed by atoms with E-state index in [1.54, 1.807) is 6.07 Å². The Morgan fingerprint density at radius 2 is 1.81 bits per heavy atom. The first-order valence-corrected chi connectivity index (χ1v) is 7.45. The Labute approximate surface area is 125 Å². The lowest BCUT2D eigenvalue weighted by Crippen LogP contribution is -2.37. The van der Waals surface area contributed by atoms with Crippen LogP contribution in [0, 0.1) is 0 Å². The van der Waals surface area contributed by atoms with E-state index < -0.39 is 0 Å². The number of nitrogens with zero attached hydrogens (tertiary/aromatic N) is 1. The van der Waals surface area contributed by atoms with E-state index in [1.165, 1.54) is 5.56 Å². The summed E-state index contributed by atoms with van der Waals surface area (Å²) in [5, 5.41) is 0. The summed E-state index contributed by atoms with van der Waals surface area (Å²) < 4.78 is 0. The van der Waals surface area contributed by atoms with Gasteiger partial charge in [-0.25, -0.2) is 0 Å². The fraction of sp³-hybridized carbons (Fsp3) is 0.278. The van der Waals surface area contributed by atoms with Crippen LogP contribution in [0.1, 0.15) is 28.8 Å². The number of likely N-dealkylation sites (tertiary alicyclic amines) is 1. The third-order valence-electron chi connectivity index (χ3n) is 4.14. The maximum atomic E-state index is 12.7. The van der Waals surface area contributed by atoms with Gasteiger partial charge in [-0.05, 0) is 37.0 Å². The van der Waals surface area contributed by atoms with Crippen LogP contribution in [0.25, 0.3) is 0 Å². The van der Waals surface area contributed by atoms with E-state index in [-0.39, 0.29) is 11.9 Å². The van der Waals surface area contributed by atoms with Gasteiger partial charge in [-0.1, -0.05) is 42.5 Å². The fourth-order valence-electron chi connectivity index (χ4n) is 3.05. The van der Waals surface area contributed by atoms with Gasteiger partial charge >= 0.3 is 0 Å². The summed E-state index contributed by atoms with van der Waals surface area (Å²) in [5.41, 5.74) is 8.41. The van der Waals surface area contributed by atoms with Crippen LogP contribution < -0.4 is 5.73 Å². The Kier molecular flexibility index (Phi) is 3.91. The minimum atomic E-state index is 0.0616. The third-order valence-corrected chi connectivity index (χ3v) is 4.14. The van der Waals surface area contributed by atoms with Gasteiger partial charge in [-0.2, -0.15) is 0 Å². The molecule has 1 aliphatic heterocycles. The standard InChI is InChI=1S/C18H20N2O/c19-17-11-5-4-10-16(17)18(21)20-12-6-9-15(20)13-14-7-2-1-3-8-14/h1-5,7-8,10-11,15H,6,9,12-13,19H2. The molecule has 3 heteroatoms. The highest BCUT2D eigenvalue weighted by Gasteiger charge is 2.30. The number of carbonyl (C=O) groups is 1. The second-order valence-corrected chi connectivity index (χ2v) is 5.57. The Morgan fingerprint density at radius 1 is 1.10 bits per heavy atom. The molecule has 108 valence electrons. The van der Waals surface area contributed by atoms with Gasteiger partial charge in [0.25, 0.3) is 5.91 Å². The molecular formula is C18H20N2O. The number of nitrogen functional groups attached to an aromatic ring is 1. The second kappa shape index (κ2) is 6.00. The van der Waals surface area contributed by atoms with Crippen molar-refractivity contribution in [2.45, 2.75) is 25.3 Å². The van der Waals surface area contributed by atoms with Crippen LogP contribution in [-0.4, -0.2) is 23.4 Å². The van der Waals surface area contributed by atoms with Gasteiger partial charge in [0, 0.05) is 18.3 Å². The number of anilines is 1. The maximum Gasteiger partial charge on any atom is 0.256 e. The monoisotopic (exact) mass is 280 g/mol. The molecule has 0 aromatic heterocycles. The summed E-state index contributed by atoms with van der Waals surface area (Å²) >= 11 is 0. The molecule has 2 N–H and O–H groups in total. The Morgan fingerprint density at radius 3 is 2.57 bits per heavy atom. The van der Waals surface area contributed by atoms with E-state index in [2.05, 4.69) is 12.1 Å². The largest absolute Gasteiger partial charge is 0.398 e. The van der Waals surface area contributed by atoms with Crippen molar-refractivity contribution >= 4 is 11.6 Å². The van der Waals surface area contributed by atoms with Gasteiger partial charge < -0.3 is 10.6 Å². The lowest BCUT2D eigenvalue weighted by Gasteiger charge is -2.25. The van der Waals surface area contributed by atoms with Gasteiger partial charge in [0.05, 0.1) is 5.56 Å². The molecule has 21 heavy (non-hydrogen) atoms. The topological polar surface area (TPSA) is 46.3 Å². The molecule has 0 aliphatic carbocycles. The molecule has 1 saturated heterocycles. The van der Waals surface area contributed by atoms with E-state index in [9.17, 15) is 4.79 Å². The third kappa shape index (κ3) is 2.92. The Bertz CT molecular complexity index is 624. The summed E-state index contributed by atoms with van der Waals surface area (Å²) in [4.78, 5) is 14.7. The van der Waals surface area contributed by atoms with Crippen LogP contribution >= 0.6 is 0 Å². The minimum Gasteiger partial charge on any atom is -0.398 e. The average molecular weight is 280 g/mol. The first kappa shape index (κ1) is 13.7. The van der Waals surface area contributed by atoms with E-state index in [0.717, 1.165) is 25.8 Å². The predicted molar refractivity (Wildman–Crippen MR) is 85.1 cm³/mol. The van der Waals surface area contributed by atoms with Crippen molar-refractivity contribution in [1.29, 1.82) is 0 Å². The molecule has 2 aromatic rings. The Balaban J connectivity index is 1.78. The van der Waals surface area contributed by atoms with E-state index in [0.29, 0.717) is 11.3 Å². The number of para-hydroxylation sites is 1. The first-order chi connectivity index (χ1) is 10.3. The Hall–Kier alpha value is -2.29. The molecule has 1 amide bonds. The number of nitrogens with two attached hydrogens (primary N) is 1. The van der Waals surface area contributed by atoms with Crippen molar-refractivity contribution < 1.29 is 4.79 Å². The molecule has 1 unspecified atom stereocenters. The number of benzene rings is 2. The highest BCUT2D eigenvalue weighted by atomic mass is 16.2. The van der Waals surface area contributed by atoms with Gasteiger partial charge in [-0.15, -0.1) is 0 Å². The SMILES string of the molecule is Nc1ccccc1C(=O)N1CCCC1Cc1ccccc1. The smallest absolute Gasteiger partial charge is 0.256 e. The molecule has 0 bridgehead atoms. The highest BCUT2D eigenvalue weighted by molar-refractivity contribution is 5.99. The lowest BCUT2D eigenvalue weighted by molar-refractivity contribution is 0.0737. The highest BCUT2D eigenvalue weighted by Crippen LogP contribution is 2.25. The summed E-state index contributed by atoms with van der Waals surface area (Å²) in [5.74, 6) is 0.0616. The van der Waals surface area contributed by atoms with E-state index in [1.807, 2.05) is 41.3 Å². The fourth-order valence-corrected chi connectivity index (χ4v) is 3.05. The molecular weight excluding hydrogens is 260 g/mol. The normalized spacial score (nSPS) is 17.9. The van der Waals surface area contributed by atoms with Crippen molar-refractivity contribution in [3.8, 4) is 0 Å². The summed E-state index contributed by atoms with van der Waals surface area (Å²) in [7, 11) is 0. The predicted octanol–water partition coefficient (Wildman–Crippen LogP) is 3.12. The van der Waals surface area contributed by atoms with Gasteiger partial charge in [0.1, 0.15) is 0 Å². The average Bonchev–Trinajstić information content (AvgIpc) is 2.96. The molecule has 1 fully saturated rings. The molecule has 2 aromatic carbocycles. The van der Waals surface area contributed by atoms with Crippen molar-refractivity contribution in [1.82, 2.24) is 4.90 Å². The summed E-state index contributed by atoms with van der Waals surface area (Å²) in [6.45, 7) is 0.824. The quantitative estimate of drug-likeness (QED) is 0.878. The molecule has 3 nitrogen and oxygen atoms in total. The zero-order valence-electron chi connectivity index (χ0n) is 12.0. The molecule has 1 atom stereocenters. The van der Waals surface area contributed by atoms with Crippen molar-refractivity contribution in [3.63, 3.8) is 0 Å². The van der Waals surface area contributed by atoms with Gasteiger partial charge in [0.15, 0.2) is 0 Å². The number of rotatable bonds is 3. The second-order valence-electron chi connectivity index (χ2n) is 5.57. The zero-order chi connectivity index (χ0) is 14.7. The van der Waals surface area contributed by atoms with Crippen LogP contribution in [0.15, 0.2) is 54.6 Å². The van der Waals surface area contributed by atoms with Gasteiger partial charge in [-0.3, -0.25) is 4.79 Å². The number of hydrogen-bond acceptors (Lipinski definition) is 2. The lowest BCUT2D eigenvalue weighted by atomic mass is 10.0. The van der Waals surface area contributed by atoms with Crippen LogP contribution in [-0.2, 0) is 6.42 Å². The number of carbonyl (C=O) groups excluding carboxylic acids is 1. The first-order valence-electron chi connectivity index (χ1n) is 7.45. The van der Waals surface area contributed by atoms with Crippen LogP contribution in [0.2, 0.25) is 0 Å². The maximum absolute atomic E-state index is 12.7. The van der Waals surface area contributed by atoms with Gasteiger partial charge in [0.2, 0.25) is 0 Å². The number of amides is 1. The molecule has 3 rings (SSSR count). The van der Waals surface area contributed by atoms with Crippen LogP contribution in [0.5, 0.6) is 0 Å². The summed E-state index contributed by atoms with van der Waals surface area (Å²) in [6.07, 6.45) is 3.04. The van der Waals surface area contributed by atoms with Crippen molar-refractivity contribution in [3.05, 3.63) is 65.7 Å². The molecule has 0 saturated carbocycles. The van der Waals surface area contributed by atoms with E-state index >= 15 is 0 Å². The zero-order valence-corrected chi connectivity index (χ0v) is 12.0. The van der Waals surface area contributed by atoms with E-state index in [4.69, 9.17) is 5.73 Å². The van der Waals surface area contributed by atoms with Crippen LogP contribution in [0.4, 0.5) is 5.69 Å². The summed E-state index contributed by atoms with van der Waals surface area (Å²) in [6, 6.07) is 18.0. The number of hydrogen-bond donors (Lipinski definition) is 1. The molecule has 0 radical (unpaired) electrons. The molecule has 1 aliphatic rings. The van der Waals surface area contributed by atoms with Crippen LogP contribution in [0.3, 0.4) is 0 Å². The molecule has 1 heterocycles. The molecule has 0 spiro atoms. The van der Waals surface area contributed by atoms with Crippen molar-refractivity contribution in [2.24, 2.45) is 0 Å².